The molecule has 25 heavy (non-hydrogen) atoms. The molecule has 1 fully saturated rings. The van der Waals surface area contributed by atoms with E-state index in [0.717, 1.165) is 5.56 Å². The Kier molecular flexibility index (Phi) is 5.73. The molecule has 0 aliphatic carbocycles. The number of ether oxygens (including phenoxy) is 1. The predicted octanol–water partition coefficient (Wildman–Crippen LogP) is 2.89. The molecule has 1 aliphatic heterocycles. The number of nitrogens with zero attached hydrogens (tertiary/aromatic N) is 4. The highest BCUT2D eigenvalue weighted by Crippen LogP contribution is 2.20. The second kappa shape index (κ2) is 7.99. The van der Waals surface area contributed by atoms with Gasteiger partial charge in [0.25, 0.3) is 5.91 Å². The van der Waals surface area contributed by atoms with Crippen LogP contribution in [-0.4, -0.2) is 54.1 Å². The average Bonchev–Trinajstić information content (AvgIpc) is 2.61. The summed E-state index contributed by atoms with van der Waals surface area (Å²) in [5.41, 5.74) is 1.21. The number of halogens is 2. The molecule has 0 N–H and O–H groups in total. The molecule has 0 radical (unpaired) electrons. The lowest BCUT2D eigenvalue weighted by Crippen LogP contribution is -2.37. The average molecular weight is 381 g/mol. The number of morpholine rings is 1. The van der Waals surface area contributed by atoms with Gasteiger partial charge in [0, 0.05) is 42.9 Å². The van der Waals surface area contributed by atoms with Crippen LogP contribution in [0.25, 0.3) is 0 Å². The molecule has 3 rings (SSSR count). The summed E-state index contributed by atoms with van der Waals surface area (Å²) in [7, 11) is 1.72. The van der Waals surface area contributed by atoms with Crippen LogP contribution in [0.1, 0.15) is 16.1 Å². The molecular weight excluding hydrogens is 363 g/mol. The standard InChI is InChI=1S/C17H18Cl2N4O2/c1-22(11-12-8-13(18)10-14(19)9-12)16(24)15-2-3-20-17(21-15)23-4-6-25-7-5-23/h2-3,8-10H,4-7,11H2,1H3. The summed E-state index contributed by atoms with van der Waals surface area (Å²) in [6, 6.07) is 6.86. The molecular formula is C17H18Cl2N4O2. The highest BCUT2D eigenvalue weighted by Gasteiger charge is 2.18. The predicted molar refractivity (Wildman–Crippen MR) is 97.3 cm³/mol. The molecule has 1 aromatic heterocycles. The number of carbonyl (C=O) groups excluding carboxylic acids is 1. The van der Waals surface area contributed by atoms with Crippen molar-refractivity contribution >= 4 is 35.1 Å². The van der Waals surface area contributed by atoms with E-state index in [2.05, 4.69) is 9.97 Å². The largest absolute Gasteiger partial charge is 0.378 e. The van der Waals surface area contributed by atoms with Crippen LogP contribution in [0.3, 0.4) is 0 Å². The molecule has 0 saturated carbocycles. The molecule has 2 aromatic rings. The van der Waals surface area contributed by atoms with Gasteiger partial charge in [-0.05, 0) is 29.8 Å². The maximum absolute atomic E-state index is 12.7. The summed E-state index contributed by atoms with van der Waals surface area (Å²) in [4.78, 5) is 24.9. The zero-order valence-corrected chi connectivity index (χ0v) is 15.3. The molecule has 2 heterocycles. The third kappa shape index (κ3) is 4.60. The zero-order chi connectivity index (χ0) is 17.8. The van der Waals surface area contributed by atoms with Crippen LogP contribution < -0.4 is 4.90 Å². The van der Waals surface area contributed by atoms with Gasteiger partial charge in [-0.25, -0.2) is 9.97 Å². The fraction of sp³-hybridized carbons (Fsp3) is 0.353. The van der Waals surface area contributed by atoms with Crippen molar-refractivity contribution < 1.29 is 9.53 Å². The number of aromatic nitrogens is 2. The monoisotopic (exact) mass is 380 g/mol. The third-order valence-electron chi connectivity index (χ3n) is 3.84. The van der Waals surface area contributed by atoms with Gasteiger partial charge < -0.3 is 14.5 Å². The maximum atomic E-state index is 12.7. The Bertz CT molecular complexity index is 746. The normalized spacial score (nSPS) is 14.4. The Morgan fingerprint density at radius 1 is 1.24 bits per heavy atom. The van der Waals surface area contributed by atoms with E-state index >= 15 is 0 Å². The van der Waals surface area contributed by atoms with Crippen LogP contribution in [0.4, 0.5) is 5.95 Å². The molecule has 1 saturated heterocycles. The number of hydrogen-bond donors (Lipinski definition) is 0. The number of hydrogen-bond acceptors (Lipinski definition) is 5. The fourth-order valence-electron chi connectivity index (χ4n) is 2.63. The summed E-state index contributed by atoms with van der Waals surface area (Å²) in [6.07, 6.45) is 1.61. The Balaban J connectivity index is 1.73. The molecule has 1 aromatic carbocycles. The summed E-state index contributed by atoms with van der Waals surface area (Å²) in [5, 5.41) is 1.08. The SMILES string of the molecule is CN(Cc1cc(Cl)cc(Cl)c1)C(=O)c1ccnc(N2CCOCC2)n1. The first-order valence-electron chi connectivity index (χ1n) is 7.89. The zero-order valence-electron chi connectivity index (χ0n) is 13.8. The van der Waals surface area contributed by atoms with Crippen LogP contribution in [0.15, 0.2) is 30.5 Å². The lowest BCUT2D eigenvalue weighted by Gasteiger charge is -2.27. The number of anilines is 1. The topological polar surface area (TPSA) is 58.6 Å². The summed E-state index contributed by atoms with van der Waals surface area (Å²) in [5.74, 6) is 0.362. The molecule has 0 atom stereocenters. The Morgan fingerprint density at radius 2 is 1.92 bits per heavy atom. The van der Waals surface area contributed by atoms with Crippen molar-refractivity contribution in [3.63, 3.8) is 0 Å². The van der Waals surface area contributed by atoms with E-state index < -0.39 is 0 Å². The minimum absolute atomic E-state index is 0.187. The fourth-order valence-corrected chi connectivity index (χ4v) is 3.20. The Hall–Kier alpha value is -1.89. The van der Waals surface area contributed by atoms with Gasteiger partial charge in [-0.1, -0.05) is 23.2 Å². The van der Waals surface area contributed by atoms with E-state index in [1.807, 2.05) is 4.90 Å². The van der Waals surface area contributed by atoms with Gasteiger partial charge in [0.15, 0.2) is 0 Å². The number of benzene rings is 1. The second-order valence-corrected chi connectivity index (χ2v) is 6.65. The van der Waals surface area contributed by atoms with E-state index in [9.17, 15) is 4.79 Å². The second-order valence-electron chi connectivity index (χ2n) is 5.78. The molecule has 0 spiro atoms. The lowest BCUT2D eigenvalue weighted by atomic mass is 10.2. The van der Waals surface area contributed by atoms with E-state index in [4.69, 9.17) is 27.9 Å². The molecule has 0 bridgehead atoms. The Morgan fingerprint density at radius 3 is 2.60 bits per heavy atom. The number of rotatable bonds is 4. The Labute approximate surface area is 156 Å². The van der Waals surface area contributed by atoms with Crippen molar-refractivity contribution in [1.82, 2.24) is 14.9 Å². The molecule has 0 unspecified atom stereocenters. The van der Waals surface area contributed by atoms with Gasteiger partial charge in [-0.2, -0.15) is 0 Å². The highest BCUT2D eigenvalue weighted by molar-refractivity contribution is 6.34. The van der Waals surface area contributed by atoms with Crippen LogP contribution >= 0.6 is 23.2 Å². The van der Waals surface area contributed by atoms with Crippen molar-refractivity contribution in [3.8, 4) is 0 Å². The van der Waals surface area contributed by atoms with E-state index in [-0.39, 0.29) is 5.91 Å². The van der Waals surface area contributed by atoms with Gasteiger partial charge in [-0.3, -0.25) is 4.79 Å². The van der Waals surface area contributed by atoms with Crippen molar-refractivity contribution in [2.75, 3.05) is 38.3 Å². The highest BCUT2D eigenvalue weighted by atomic mass is 35.5. The van der Waals surface area contributed by atoms with Crippen molar-refractivity contribution in [2.24, 2.45) is 0 Å². The number of amides is 1. The van der Waals surface area contributed by atoms with Crippen LogP contribution in [0, 0.1) is 0 Å². The first kappa shape index (κ1) is 17.9. The van der Waals surface area contributed by atoms with E-state index in [1.165, 1.54) is 0 Å². The van der Waals surface area contributed by atoms with Crippen LogP contribution in [0.5, 0.6) is 0 Å². The molecule has 6 nitrogen and oxygen atoms in total. The van der Waals surface area contributed by atoms with Gasteiger partial charge in [-0.15, -0.1) is 0 Å². The molecule has 8 heteroatoms. The minimum atomic E-state index is -0.187. The van der Waals surface area contributed by atoms with Crippen LogP contribution in [-0.2, 0) is 11.3 Å². The number of carbonyl (C=O) groups is 1. The van der Waals surface area contributed by atoms with Crippen LogP contribution in [0.2, 0.25) is 10.0 Å². The summed E-state index contributed by atoms with van der Waals surface area (Å²) in [6.45, 7) is 3.09. The van der Waals surface area contributed by atoms with Gasteiger partial charge in [0.05, 0.1) is 13.2 Å². The minimum Gasteiger partial charge on any atom is -0.378 e. The van der Waals surface area contributed by atoms with Crippen molar-refractivity contribution in [3.05, 3.63) is 51.8 Å². The first-order chi connectivity index (χ1) is 12.0. The van der Waals surface area contributed by atoms with E-state index in [1.54, 1.807) is 42.4 Å². The summed E-state index contributed by atoms with van der Waals surface area (Å²) >= 11 is 12.0. The van der Waals surface area contributed by atoms with Gasteiger partial charge >= 0.3 is 0 Å². The molecule has 1 aliphatic rings. The van der Waals surface area contributed by atoms with Gasteiger partial charge in [0.2, 0.25) is 5.95 Å². The third-order valence-corrected chi connectivity index (χ3v) is 4.28. The smallest absolute Gasteiger partial charge is 0.272 e. The van der Waals surface area contributed by atoms with E-state index in [0.29, 0.717) is 54.5 Å². The quantitative estimate of drug-likeness (QED) is 0.815. The van der Waals surface area contributed by atoms with Crippen molar-refractivity contribution in [2.45, 2.75) is 6.54 Å². The first-order valence-corrected chi connectivity index (χ1v) is 8.65. The maximum Gasteiger partial charge on any atom is 0.272 e. The molecule has 1 amide bonds. The lowest BCUT2D eigenvalue weighted by molar-refractivity contribution is 0.0779. The van der Waals surface area contributed by atoms with Gasteiger partial charge in [0.1, 0.15) is 5.69 Å². The summed E-state index contributed by atoms with van der Waals surface area (Å²) < 4.78 is 5.33. The molecule has 132 valence electrons. The van der Waals surface area contributed by atoms with Crippen molar-refractivity contribution in [1.29, 1.82) is 0 Å².